The monoisotopic (exact) mass is 299 g/mol. The minimum atomic E-state index is -0.999. The number of nitrogens with one attached hydrogen (secondary N) is 1. The van der Waals surface area contributed by atoms with Crippen molar-refractivity contribution in [2.75, 3.05) is 7.05 Å². The van der Waals surface area contributed by atoms with E-state index in [2.05, 4.69) is 54.7 Å². The highest BCUT2D eigenvalue weighted by atomic mass is 32.2. The van der Waals surface area contributed by atoms with Gasteiger partial charge in [-0.1, -0.05) is 36.4 Å². The number of hydrogen-bond acceptors (Lipinski definition) is 2. The molecular formula is C18H21NOS. The first-order valence-electron chi connectivity index (χ1n) is 7.34. The lowest BCUT2D eigenvalue weighted by Gasteiger charge is -2.20. The average molecular weight is 299 g/mol. The summed E-state index contributed by atoms with van der Waals surface area (Å²) in [5.74, 6) is 0. The summed E-state index contributed by atoms with van der Waals surface area (Å²) in [6.07, 6.45) is 0.877. The van der Waals surface area contributed by atoms with E-state index in [0.29, 0.717) is 0 Å². The molecule has 3 rings (SSSR count). The van der Waals surface area contributed by atoms with Crippen molar-refractivity contribution in [1.82, 2.24) is 5.32 Å². The van der Waals surface area contributed by atoms with Gasteiger partial charge in [-0.25, -0.2) is 0 Å². The van der Waals surface area contributed by atoms with Crippen LogP contribution in [0.2, 0.25) is 0 Å². The summed E-state index contributed by atoms with van der Waals surface area (Å²) >= 11 is 0. The molecule has 3 heteroatoms. The molecule has 0 amide bonds. The minimum absolute atomic E-state index is 0.105. The van der Waals surface area contributed by atoms with E-state index in [1.165, 1.54) is 16.7 Å². The van der Waals surface area contributed by atoms with Crippen LogP contribution in [-0.2, 0) is 17.2 Å². The standard InChI is InChI=1S/C18H21NOS/c1-12-8-9-13(2)16(10-12)21(20)17-11-14-6-4-5-7-15(14)18(17)19-3/h4-10,17-19H,11H2,1-3H3. The first kappa shape index (κ1) is 14.5. The molecule has 0 bridgehead atoms. The quantitative estimate of drug-likeness (QED) is 0.942. The summed E-state index contributed by atoms with van der Waals surface area (Å²) in [6, 6.07) is 14.8. The first-order valence-corrected chi connectivity index (χ1v) is 8.56. The second-order valence-corrected chi connectivity index (χ2v) is 7.41. The minimum Gasteiger partial charge on any atom is -0.312 e. The molecule has 0 aliphatic heterocycles. The Morgan fingerprint density at radius 3 is 2.67 bits per heavy atom. The Labute approximate surface area is 129 Å². The fourth-order valence-corrected chi connectivity index (χ4v) is 5.06. The van der Waals surface area contributed by atoms with Crippen LogP contribution < -0.4 is 5.32 Å². The Hall–Kier alpha value is -1.45. The molecule has 3 atom stereocenters. The predicted molar refractivity (Wildman–Crippen MR) is 88.1 cm³/mol. The molecule has 0 aromatic heterocycles. The lowest BCUT2D eigenvalue weighted by molar-refractivity contribution is 0.580. The largest absolute Gasteiger partial charge is 0.312 e. The van der Waals surface area contributed by atoms with Gasteiger partial charge in [0.25, 0.3) is 0 Å². The molecule has 1 aliphatic carbocycles. The van der Waals surface area contributed by atoms with Crippen molar-refractivity contribution in [3.63, 3.8) is 0 Å². The third-order valence-electron chi connectivity index (χ3n) is 4.33. The van der Waals surface area contributed by atoms with Gasteiger partial charge < -0.3 is 5.32 Å². The lowest BCUT2D eigenvalue weighted by atomic mass is 10.1. The van der Waals surface area contributed by atoms with Gasteiger partial charge in [-0.3, -0.25) is 4.21 Å². The Bertz CT molecular complexity index is 695. The van der Waals surface area contributed by atoms with Crippen LogP contribution in [0.4, 0.5) is 0 Å². The van der Waals surface area contributed by atoms with E-state index >= 15 is 0 Å². The van der Waals surface area contributed by atoms with E-state index in [0.717, 1.165) is 16.9 Å². The molecule has 1 aliphatic rings. The molecule has 0 saturated carbocycles. The second-order valence-electron chi connectivity index (χ2n) is 5.77. The van der Waals surface area contributed by atoms with E-state index in [-0.39, 0.29) is 11.3 Å². The zero-order valence-electron chi connectivity index (χ0n) is 12.7. The van der Waals surface area contributed by atoms with Crippen molar-refractivity contribution in [3.8, 4) is 0 Å². The number of aryl methyl sites for hydroxylation is 2. The Balaban J connectivity index is 1.98. The second kappa shape index (κ2) is 5.74. The number of fused-ring (bicyclic) bond motifs is 1. The van der Waals surface area contributed by atoms with Gasteiger partial charge in [0, 0.05) is 10.9 Å². The molecule has 0 fully saturated rings. The number of rotatable bonds is 3. The maximum atomic E-state index is 13.1. The van der Waals surface area contributed by atoms with Gasteiger partial charge in [0.2, 0.25) is 0 Å². The molecular weight excluding hydrogens is 278 g/mol. The van der Waals surface area contributed by atoms with Crippen LogP contribution in [0.3, 0.4) is 0 Å². The highest BCUT2D eigenvalue weighted by Gasteiger charge is 2.36. The van der Waals surface area contributed by atoms with Crippen LogP contribution in [-0.4, -0.2) is 16.5 Å². The first-order chi connectivity index (χ1) is 10.1. The Morgan fingerprint density at radius 1 is 1.14 bits per heavy atom. The zero-order chi connectivity index (χ0) is 15.0. The molecule has 21 heavy (non-hydrogen) atoms. The van der Waals surface area contributed by atoms with Gasteiger partial charge in [-0.05, 0) is 55.6 Å². The highest BCUT2D eigenvalue weighted by Crippen LogP contribution is 2.36. The van der Waals surface area contributed by atoms with Gasteiger partial charge in [0.1, 0.15) is 0 Å². The van der Waals surface area contributed by atoms with Gasteiger partial charge in [0.15, 0.2) is 0 Å². The van der Waals surface area contributed by atoms with Crippen LogP contribution in [0.15, 0.2) is 47.4 Å². The summed E-state index contributed by atoms with van der Waals surface area (Å²) in [5, 5.41) is 3.47. The van der Waals surface area contributed by atoms with Gasteiger partial charge >= 0.3 is 0 Å². The van der Waals surface area contributed by atoms with Crippen molar-refractivity contribution in [2.24, 2.45) is 0 Å². The maximum absolute atomic E-state index is 13.1. The van der Waals surface area contributed by atoms with Gasteiger partial charge in [0.05, 0.1) is 16.0 Å². The molecule has 2 nitrogen and oxygen atoms in total. The third kappa shape index (κ3) is 2.56. The van der Waals surface area contributed by atoms with E-state index < -0.39 is 10.8 Å². The SMILES string of the molecule is CNC1c2ccccc2CC1S(=O)c1cc(C)ccc1C. The van der Waals surface area contributed by atoms with E-state index in [9.17, 15) is 4.21 Å². The topological polar surface area (TPSA) is 29.1 Å². The smallest absolute Gasteiger partial charge is 0.0630 e. The summed E-state index contributed by atoms with van der Waals surface area (Å²) in [7, 11) is 0.959. The Morgan fingerprint density at radius 2 is 1.90 bits per heavy atom. The normalized spacial score (nSPS) is 22.0. The number of hydrogen-bond donors (Lipinski definition) is 1. The highest BCUT2D eigenvalue weighted by molar-refractivity contribution is 7.85. The Kier molecular flexibility index (Phi) is 3.96. The van der Waals surface area contributed by atoms with Crippen molar-refractivity contribution in [3.05, 3.63) is 64.7 Å². The van der Waals surface area contributed by atoms with E-state index in [1.807, 2.05) is 14.0 Å². The summed E-state index contributed by atoms with van der Waals surface area (Å²) in [6.45, 7) is 4.10. The zero-order valence-corrected chi connectivity index (χ0v) is 13.5. The van der Waals surface area contributed by atoms with E-state index in [4.69, 9.17) is 0 Å². The summed E-state index contributed by atoms with van der Waals surface area (Å²) in [4.78, 5) is 0.980. The molecule has 0 heterocycles. The fourth-order valence-electron chi connectivity index (χ4n) is 3.19. The fraction of sp³-hybridized carbons (Fsp3) is 0.333. The molecule has 0 spiro atoms. The van der Waals surface area contributed by atoms with Crippen molar-refractivity contribution in [1.29, 1.82) is 0 Å². The van der Waals surface area contributed by atoms with Crippen LogP contribution >= 0.6 is 0 Å². The predicted octanol–water partition coefficient (Wildman–Crippen LogP) is 3.30. The molecule has 1 N–H and O–H groups in total. The van der Waals surface area contributed by atoms with E-state index in [1.54, 1.807) is 0 Å². The van der Waals surface area contributed by atoms with Crippen LogP contribution in [0.25, 0.3) is 0 Å². The number of benzene rings is 2. The molecule has 110 valence electrons. The molecule has 2 aromatic rings. The van der Waals surface area contributed by atoms with Crippen molar-refractivity contribution >= 4 is 10.8 Å². The van der Waals surface area contributed by atoms with Crippen LogP contribution in [0, 0.1) is 13.8 Å². The van der Waals surface area contributed by atoms with Crippen LogP contribution in [0.5, 0.6) is 0 Å². The third-order valence-corrected chi connectivity index (χ3v) is 6.19. The van der Waals surface area contributed by atoms with Crippen molar-refractivity contribution in [2.45, 2.75) is 36.5 Å². The average Bonchev–Trinajstić information content (AvgIpc) is 2.87. The summed E-state index contributed by atoms with van der Waals surface area (Å²) in [5.41, 5.74) is 4.90. The van der Waals surface area contributed by atoms with Gasteiger partial charge in [-0.2, -0.15) is 0 Å². The summed E-state index contributed by atoms with van der Waals surface area (Å²) < 4.78 is 13.1. The van der Waals surface area contributed by atoms with Crippen LogP contribution in [0.1, 0.15) is 28.3 Å². The van der Waals surface area contributed by atoms with Gasteiger partial charge in [-0.15, -0.1) is 0 Å². The molecule has 0 saturated heterocycles. The molecule has 2 aromatic carbocycles. The maximum Gasteiger partial charge on any atom is 0.0630 e. The molecule has 3 unspecified atom stereocenters. The van der Waals surface area contributed by atoms with Crippen molar-refractivity contribution < 1.29 is 4.21 Å². The molecule has 0 radical (unpaired) electrons. The lowest BCUT2D eigenvalue weighted by Crippen LogP contribution is -2.29.